The minimum atomic E-state index is -4.83. The van der Waals surface area contributed by atoms with E-state index in [0.29, 0.717) is 11.2 Å². The highest BCUT2D eigenvalue weighted by Gasteiger charge is 2.41. The number of nitrogens with one attached hydrogen (secondary N) is 1. The molecule has 0 saturated carbocycles. The van der Waals surface area contributed by atoms with Crippen LogP contribution in [0, 0.1) is 0 Å². The van der Waals surface area contributed by atoms with Crippen LogP contribution in [-0.4, -0.2) is 48.6 Å². The van der Waals surface area contributed by atoms with E-state index in [1.165, 1.54) is 19.2 Å². The van der Waals surface area contributed by atoms with Gasteiger partial charge in [0.15, 0.2) is 11.5 Å². The van der Waals surface area contributed by atoms with Gasteiger partial charge in [0.05, 0.1) is 25.2 Å². The van der Waals surface area contributed by atoms with Crippen molar-refractivity contribution in [1.29, 1.82) is 0 Å². The highest BCUT2D eigenvalue weighted by Crippen LogP contribution is 2.33. The molecule has 3 rings (SSSR count). The van der Waals surface area contributed by atoms with Crippen LogP contribution in [0.25, 0.3) is 5.82 Å². The molecule has 0 spiro atoms. The smallest absolute Gasteiger partial charge is 0.434 e. The van der Waals surface area contributed by atoms with Crippen molar-refractivity contribution in [2.45, 2.75) is 25.7 Å². The van der Waals surface area contributed by atoms with Crippen molar-refractivity contribution in [2.75, 3.05) is 7.11 Å². The second kappa shape index (κ2) is 7.66. The maximum Gasteiger partial charge on any atom is 0.434 e. The van der Waals surface area contributed by atoms with Crippen molar-refractivity contribution < 1.29 is 22.7 Å². The van der Waals surface area contributed by atoms with Crippen LogP contribution in [0.4, 0.5) is 13.2 Å². The number of carbonyl (C=O) groups excluding carboxylic acids is 1. The van der Waals surface area contributed by atoms with Gasteiger partial charge < -0.3 is 14.6 Å². The van der Waals surface area contributed by atoms with Crippen LogP contribution in [0.5, 0.6) is 5.88 Å². The number of hydrogen-bond donors (Lipinski definition) is 1. The number of carbonyl (C=O) groups is 1. The lowest BCUT2D eigenvalue weighted by Crippen LogP contribution is -2.36. The Balaban J connectivity index is 1.88. The molecular weight excluding hydrogens is 379 g/mol. The third-order valence-electron chi connectivity index (χ3n) is 3.76. The molecule has 0 radical (unpaired) electrons. The second-order valence-corrected chi connectivity index (χ2v) is 5.88. The van der Waals surface area contributed by atoms with Crippen molar-refractivity contribution in [2.24, 2.45) is 0 Å². The molecular formula is C16H16F3N7O2. The first-order chi connectivity index (χ1) is 13.3. The summed E-state index contributed by atoms with van der Waals surface area (Å²) < 4.78 is 48.0. The molecule has 28 heavy (non-hydrogen) atoms. The summed E-state index contributed by atoms with van der Waals surface area (Å²) in [5, 5.41) is 13.5. The summed E-state index contributed by atoms with van der Waals surface area (Å²) in [5.41, 5.74) is -1.85. The summed E-state index contributed by atoms with van der Waals surface area (Å²) in [6, 6.07) is 2.17. The van der Waals surface area contributed by atoms with E-state index < -0.39 is 29.4 Å². The number of halogens is 3. The number of aromatic nitrogens is 6. The van der Waals surface area contributed by atoms with Gasteiger partial charge in [-0.15, -0.1) is 10.2 Å². The molecule has 1 atom stereocenters. The Hall–Kier alpha value is -3.44. The Morgan fingerprint density at radius 3 is 2.68 bits per heavy atom. The van der Waals surface area contributed by atoms with Gasteiger partial charge in [-0.05, 0) is 13.0 Å². The van der Waals surface area contributed by atoms with Crippen LogP contribution in [0.3, 0.4) is 0 Å². The molecule has 0 unspecified atom stereocenters. The second-order valence-electron chi connectivity index (χ2n) is 5.88. The maximum atomic E-state index is 13.7. The van der Waals surface area contributed by atoms with Crippen LogP contribution in [0.2, 0.25) is 0 Å². The van der Waals surface area contributed by atoms with Crippen molar-refractivity contribution in [1.82, 2.24) is 34.8 Å². The molecule has 0 bridgehead atoms. The zero-order chi connectivity index (χ0) is 20.3. The normalized spacial score (nSPS) is 12.6. The minimum Gasteiger partial charge on any atom is -0.480 e. The summed E-state index contributed by atoms with van der Waals surface area (Å²) in [4.78, 5) is 16.3. The summed E-state index contributed by atoms with van der Waals surface area (Å²) in [6.45, 7) is 2.02. The fourth-order valence-electron chi connectivity index (χ4n) is 2.55. The minimum absolute atomic E-state index is 0.135. The van der Waals surface area contributed by atoms with Crippen LogP contribution < -0.4 is 10.1 Å². The molecule has 0 aliphatic carbocycles. The molecule has 3 aromatic heterocycles. The Morgan fingerprint density at radius 2 is 2.11 bits per heavy atom. The Bertz CT molecular complexity index is 936. The van der Waals surface area contributed by atoms with E-state index >= 15 is 0 Å². The Labute approximate surface area is 157 Å². The van der Waals surface area contributed by atoms with E-state index in [2.05, 4.69) is 25.6 Å². The molecule has 3 aromatic rings. The number of alkyl halides is 3. The fraction of sp³-hybridized carbons (Fsp3) is 0.312. The molecule has 0 aliphatic heterocycles. The third kappa shape index (κ3) is 4.10. The highest BCUT2D eigenvalue weighted by atomic mass is 19.4. The van der Waals surface area contributed by atoms with Crippen LogP contribution in [-0.2, 0) is 12.7 Å². The Morgan fingerprint density at radius 1 is 1.32 bits per heavy atom. The predicted molar refractivity (Wildman–Crippen MR) is 89.9 cm³/mol. The summed E-state index contributed by atoms with van der Waals surface area (Å²) >= 11 is 0. The number of rotatable bonds is 6. The van der Waals surface area contributed by atoms with Gasteiger partial charge in [0.25, 0.3) is 5.91 Å². The number of hydrogen-bond acceptors (Lipinski definition) is 6. The van der Waals surface area contributed by atoms with Crippen LogP contribution in [0.15, 0.2) is 37.1 Å². The predicted octanol–water partition coefficient (Wildman–Crippen LogP) is 1.70. The number of imidazole rings is 1. The number of amides is 1. The van der Waals surface area contributed by atoms with Gasteiger partial charge in [-0.25, -0.2) is 9.67 Å². The van der Waals surface area contributed by atoms with Gasteiger partial charge >= 0.3 is 6.18 Å². The molecule has 0 fully saturated rings. The topological polar surface area (TPSA) is 99.8 Å². The molecule has 3 heterocycles. The van der Waals surface area contributed by atoms with E-state index in [-0.39, 0.29) is 11.7 Å². The summed E-state index contributed by atoms with van der Waals surface area (Å²) in [6.07, 6.45) is 0.816. The molecule has 9 nitrogen and oxygen atoms in total. The first kappa shape index (κ1) is 19.3. The van der Waals surface area contributed by atoms with E-state index in [9.17, 15) is 18.0 Å². The highest BCUT2D eigenvalue weighted by molar-refractivity contribution is 5.95. The lowest BCUT2D eigenvalue weighted by molar-refractivity contribution is -0.143. The van der Waals surface area contributed by atoms with E-state index in [1.54, 1.807) is 30.2 Å². The molecule has 0 aliphatic rings. The van der Waals surface area contributed by atoms with Gasteiger partial charge in [-0.2, -0.15) is 18.3 Å². The van der Waals surface area contributed by atoms with Gasteiger partial charge in [0.1, 0.15) is 0 Å². The number of methoxy groups -OCH3 is 1. The van der Waals surface area contributed by atoms with E-state index in [1.807, 2.05) is 0 Å². The van der Waals surface area contributed by atoms with E-state index in [0.717, 1.165) is 6.20 Å². The van der Waals surface area contributed by atoms with Gasteiger partial charge in [0.2, 0.25) is 5.88 Å². The monoisotopic (exact) mass is 395 g/mol. The number of nitrogens with zero attached hydrogens (tertiary/aromatic N) is 6. The van der Waals surface area contributed by atoms with Gasteiger partial charge in [-0.1, -0.05) is 0 Å². The van der Waals surface area contributed by atoms with Crippen molar-refractivity contribution in [3.63, 3.8) is 0 Å². The zero-order valence-corrected chi connectivity index (χ0v) is 14.9. The lowest BCUT2D eigenvalue weighted by Gasteiger charge is -2.16. The van der Waals surface area contributed by atoms with Crippen molar-refractivity contribution in [3.8, 4) is 11.7 Å². The average Bonchev–Trinajstić information content (AvgIpc) is 3.30. The lowest BCUT2D eigenvalue weighted by atomic mass is 10.2. The van der Waals surface area contributed by atoms with Crippen molar-refractivity contribution >= 4 is 5.91 Å². The summed E-state index contributed by atoms with van der Waals surface area (Å²) in [7, 11) is 1.35. The quantitative estimate of drug-likeness (QED) is 0.682. The first-order valence-electron chi connectivity index (χ1n) is 8.09. The van der Waals surface area contributed by atoms with Gasteiger partial charge in [-0.3, -0.25) is 4.79 Å². The van der Waals surface area contributed by atoms with Crippen molar-refractivity contribution in [3.05, 3.63) is 48.3 Å². The zero-order valence-electron chi connectivity index (χ0n) is 14.9. The SMILES string of the molecule is COc1ccc(-n2ncc(C(=O)N[C@@H](C)Cn3ccnc3)c2C(F)(F)F)nn1. The van der Waals surface area contributed by atoms with E-state index in [4.69, 9.17) is 4.74 Å². The first-order valence-corrected chi connectivity index (χ1v) is 8.09. The maximum absolute atomic E-state index is 13.7. The summed E-state index contributed by atoms with van der Waals surface area (Å²) in [5.74, 6) is -0.956. The van der Waals surface area contributed by atoms with Gasteiger partial charge in [0, 0.05) is 31.0 Å². The van der Waals surface area contributed by atoms with Crippen LogP contribution in [0.1, 0.15) is 23.0 Å². The largest absolute Gasteiger partial charge is 0.480 e. The Kier molecular flexibility index (Phi) is 5.29. The fourth-order valence-corrected chi connectivity index (χ4v) is 2.55. The molecule has 0 saturated heterocycles. The molecule has 1 N–H and O–H groups in total. The third-order valence-corrected chi connectivity index (χ3v) is 3.76. The number of ether oxygens (including phenoxy) is 1. The van der Waals surface area contributed by atoms with Crippen LogP contribution >= 0.6 is 0 Å². The molecule has 12 heteroatoms. The molecule has 1 amide bonds. The molecule has 0 aromatic carbocycles. The standard InChI is InChI=1S/C16H16F3N7O2/c1-10(8-25-6-5-20-9-25)22-15(27)11-7-21-26(14(11)16(17,18)19)12-3-4-13(28-2)24-23-12/h3-7,9-10H,8H2,1-2H3,(H,22,27)/t10-/m0/s1. The molecule has 148 valence electrons. The average molecular weight is 395 g/mol.